The summed E-state index contributed by atoms with van der Waals surface area (Å²) in [6.45, 7) is 1.75. The molecule has 0 unspecified atom stereocenters. The van der Waals surface area contributed by atoms with Crippen molar-refractivity contribution in [1.29, 1.82) is 0 Å². The maximum absolute atomic E-state index is 13.5. The molecule has 2 heterocycles. The number of fused-ring (bicyclic) bond motifs is 2. The molecule has 0 spiro atoms. The first-order valence-electron chi connectivity index (χ1n) is 8.75. The minimum Gasteiger partial charge on any atom is -0.423 e. The Bertz CT molecular complexity index is 1250. The third-order valence-corrected chi connectivity index (χ3v) is 6.94. The number of rotatable bonds is 3. The number of nitrogens with two attached hydrogens (primary N) is 1. The lowest BCUT2D eigenvalue weighted by Gasteiger charge is -2.38. The molecule has 1 amide bonds. The van der Waals surface area contributed by atoms with E-state index in [1.54, 1.807) is 31.2 Å². The molecule has 0 aliphatic carbocycles. The van der Waals surface area contributed by atoms with Crippen LogP contribution < -0.4 is 15.7 Å². The number of carbonyl (C=O) groups excluding carboxylic acids is 1. The summed E-state index contributed by atoms with van der Waals surface area (Å²) in [5.41, 5.74) is 6.40. The lowest BCUT2D eigenvalue weighted by atomic mass is 9.87. The van der Waals surface area contributed by atoms with E-state index in [2.05, 4.69) is 0 Å². The van der Waals surface area contributed by atoms with Crippen molar-refractivity contribution in [3.05, 3.63) is 70.6 Å². The number of carbonyl (C=O) groups is 1. The molecule has 2 aromatic carbocycles. The van der Waals surface area contributed by atoms with Gasteiger partial charge in [0.2, 0.25) is 5.91 Å². The second-order valence-corrected chi connectivity index (χ2v) is 8.67. The zero-order valence-corrected chi connectivity index (χ0v) is 15.8. The van der Waals surface area contributed by atoms with Gasteiger partial charge in [-0.15, -0.1) is 0 Å². The second-order valence-electron chi connectivity index (χ2n) is 6.85. The van der Waals surface area contributed by atoms with Crippen LogP contribution in [0.2, 0.25) is 0 Å². The highest BCUT2D eigenvalue weighted by Gasteiger charge is 2.39. The molecule has 7 nitrogen and oxygen atoms in total. The third kappa shape index (κ3) is 2.86. The summed E-state index contributed by atoms with van der Waals surface area (Å²) >= 11 is 0. The standard InChI is InChI=1S/C20H18N2O5S/c1-12-10-16(20(21)24)15-4-2-3-5-17(15)22(12)28(25,26)14-7-8-18-13(11-14)6-9-19(23)27-18/h2-9,11-12,16H,10H2,1H3,(H2,21,24)/t12-,16-/m1/s1. The van der Waals surface area contributed by atoms with Crippen LogP contribution in [-0.4, -0.2) is 20.4 Å². The molecule has 4 rings (SSSR count). The fraction of sp³-hybridized carbons (Fsp3) is 0.200. The van der Waals surface area contributed by atoms with Gasteiger partial charge < -0.3 is 10.2 Å². The number of benzene rings is 2. The van der Waals surface area contributed by atoms with E-state index in [0.29, 0.717) is 28.6 Å². The van der Waals surface area contributed by atoms with Crippen molar-refractivity contribution in [2.24, 2.45) is 5.73 Å². The summed E-state index contributed by atoms with van der Waals surface area (Å²) in [5, 5.41) is 0.508. The van der Waals surface area contributed by atoms with Crippen LogP contribution in [0, 0.1) is 0 Å². The van der Waals surface area contributed by atoms with Crippen molar-refractivity contribution < 1.29 is 17.6 Å². The molecule has 2 atom stereocenters. The highest BCUT2D eigenvalue weighted by Crippen LogP contribution is 2.41. The average molecular weight is 398 g/mol. The summed E-state index contributed by atoms with van der Waals surface area (Å²) in [4.78, 5) is 23.3. The van der Waals surface area contributed by atoms with Gasteiger partial charge in [0.15, 0.2) is 0 Å². The molecule has 1 aromatic heterocycles. The average Bonchev–Trinajstić information content (AvgIpc) is 2.66. The molecule has 2 N–H and O–H groups in total. The van der Waals surface area contributed by atoms with Crippen LogP contribution in [0.15, 0.2) is 68.7 Å². The van der Waals surface area contributed by atoms with Crippen molar-refractivity contribution in [2.45, 2.75) is 30.2 Å². The highest BCUT2D eigenvalue weighted by atomic mass is 32.2. The van der Waals surface area contributed by atoms with Crippen LogP contribution in [0.25, 0.3) is 11.0 Å². The third-order valence-electron chi connectivity index (χ3n) is 5.02. The molecule has 1 aliphatic heterocycles. The number of nitrogens with zero attached hydrogens (tertiary/aromatic N) is 1. The van der Waals surface area contributed by atoms with Crippen LogP contribution in [0.1, 0.15) is 24.8 Å². The van der Waals surface area contributed by atoms with Gasteiger partial charge in [-0.25, -0.2) is 13.2 Å². The fourth-order valence-corrected chi connectivity index (χ4v) is 5.47. The topological polar surface area (TPSA) is 111 Å². The van der Waals surface area contributed by atoms with Crippen LogP contribution >= 0.6 is 0 Å². The molecule has 0 fully saturated rings. The van der Waals surface area contributed by atoms with E-state index in [-0.39, 0.29) is 4.90 Å². The van der Waals surface area contributed by atoms with Gasteiger partial charge in [-0.2, -0.15) is 0 Å². The largest absolute Gasteiger partial charge is 0.423 e. The van der Waals surface area contributed by atoms with Gasteiger partial charge in [-0.1, -0.05) is 18.2 Å². The SMILES string of the molecule is C[C@@H]1C[C@@H](C(N)=O)c2ccccc2N1S(=O)(=O)c1ccc2oc(=O)ccc2c1. The van der Waals surface area contributed by atoms with E-state index in [1.807, 2.05) is 0 Å². The molecule has 1 aliphatic rings. The fourth-order valence-electron chi connectivity index (χ4n) is 3.74. The van der Waals surface area contributed by atoms with Gasteiger partial charge in [-0.3, -0.25) is 9.10 Å². The molecule has 0 saturated heterocycles. The Morgan fingerprint density at radius 1 is 1.14 bits per heavy atom. The summed E-state index contributed by atoms with van der Waals surface area (Å²) < 4.78 is 33.3. The van der Waals surface area contributed by atoms with Crippen molar-refractivity contribution >= 4 is 32.6 Å². The van der Waals surface area contributed by atoms with E-state index >= 15 is 0 Å². The van der Waals surface area contributed by atoms with Crippen LogP contribution in [0.3, 0.4) is 0 Å². The lowest BCUT2D eigenvalue weighted by molar-refractivity contribution is -0.119. The van der Waals surface area contributed by atoms with Crippen LogP contribution in [-0.2, 0) is 14.8 Å². The first-order chi connectivity index (χ1) is 13.3. The molecular formula is C20H18N2O5S. The molecule has 144 valence electrons. The predicted octanol–water partition coefficient (Wildman–Crippen LogP) is 2.35. The first kappa shape index (κ1) is 18.2. The van der Waals surface area contributed by atoms with Crippen molar-refractivity contribution in [2.75, 3.05) is 4.31 Å². The molecular weight excluding hydrogens is 380 g/mol. The summed E-state index contributed by atoms with van der Waals surface area (Å²) in [7, 11) is -3.91. The second kappa shape index (κ2) is 6.49. The number of amides is 1. The van der Waals surface area contributed by atoms with E-state index < -0.39 is 33.5 Å². The predicted molar refractivity (Wildman–Crippen MR) is 105 cm³/mol. The number of primary amides is 1. The summed E-state index contributed by atoms with van der Waals surface area (Å²) in [6.07, 6.45) is 0.300. The number of para-hydroxylation sites is 1. The normalized spacial score (nSPS) is 19.4. The quantitative estimate of drug-likeness (QED) is 0.681. The minimum absolute atomic E-state index is 0.0769. The van der Waals surface area contributed by atoms with Gasteiger partial charge in [0, 0.05) is 17.5 Å². The molecule has 8 heteroatoms. The monoisotopic (exact) mass is 398 g/mol. The zero-order chi connectivity index (χ0) is 20.1. The van der Waals surface area contributed by atoms with Crippen molar-refractivity contribution in [3.63, 3.8) is 0 Å². The van der Waals surface area contributed by atoms with Gasteiger partial charge in [-0.05, 0) is 49.2 Å². The van der Waals surface area contributed by atoms with E-state index in [1.165, 1.54) is 34.6 Å². The Labute approximate surface area is 161 Å². The van der Waals surface area contributed by atoms with Gasteiger partial charge >= 0.3 is 5.63 Å². The Balaban J connectivity index is 1.87. The van der Waals surface area contributed by atoms with Crippen molar-refractivity contribution in [3.8, 4) is 0 Å². The van der Waals surface area contributed by atoms with Gasteiger partial charge in [0.1, 0.15) is 5.58 Å². The van der Waals surface area contributed by atoms with Gasteiger partial charge in [0.25, 0.3) is 10.0 Å². The number of sulfonamides is 1. The summed E-state index contributed by atoms with van der Waals surface area (Å²) in [5.74, 6) is -1.01. The molecule has 0 saturated carbocycles. The van der Waals surface area contributed by atoms with E-state index in [9.17, 15) is 18.0 Å². The Kier molecular flexibility index (Phi) is 4.23. The zero-order valence-electron chi connectivity index (χ0n) is 15.0. The summed E-state index contributed by atoms with van der Waals surface area (Å²) in [6, 6.07) is 13.6. The first-order valence-corrected chi connectivity index (χ1v) is 10.2. The van der Waals surface area contributed by atoms with Gasteiger partial charge in [0.05, 0.1) is 16.5 Å². The molecule has 28 heavy (non-hydrogen) atoms. The lowest BCUT2D eigenvalue weighted by Crippen LogP contribution is -2.45. The number of hydrogen-bond donors (Lipinski definition) is 1. The molecule has 0 radical (unpaired) electrons. The van der Waals surface area contributed by atoms with Crippen LogP contribution in [0.4, 0.5) is 5.69 Å². The molecule has 0 bridgehead atoms. The van der Waals surface area contributed by atoms with Crippen LogP contribution in [0.5, 0.6) is 0 Å². The molecule has 3 aromatic rings. The minimum atomic E-state index is -3.91. The Morgan fingerprint density at radius 3 is 2.64 bits per heavy atom. The van der Waals surface area contributed by atoms with E-state index in [4.69, 9.17) is 10.2 Å². The Morgan fingerprint density at radius 2 is 1.89 bits per heavy atom. The van der Waals surface area contributed by atoms with Crippen molar-refractivity contribution in [1.82, 2.24) is 0 Å². The highest BCUT2D eigenvalue weighted by molar-refractivity contribution is 7.92. The maximum atomic E-state index is 13.5. The smallest absolute Gasteiger partial charge is 0.336 e. The number of hydrogen-bond acceptors (Lipinski definition) is 5. The number of anilines is 1. The Hall–Kier alpha value is -3.13. The maximum Gasteiger partial charge on any atom is 0.336 e. The van der Waals surface area contributed by atoms with E-state index in [0.717, 1.165) is 0 Å².